The van der Waals surface area contributed by atoms with Gasteiger partial charge in [0.05, 0.1) is 5.02 Å². The number of amidine groups is 1. The fourth-order valence-corrected chi connectivity index (χ4v) is 4.58. The number of nitrogens with zero attached hydrogens (tertiary/aromatic N) is 1. The van der Waals surface area contributed by atoms with Crippen molar-refractivity contribution < 1.29 is 15.0 Å². The number of carbonyl (C=O) groups is 1. The SMILES string of the molecule is CCCC12CCC(=O)C=C1c1c(cc(OCC(=N)N(C)C)c(Cl)c1Cl)C2.Cl.O. The van der Waals surface area contributed by atoms with Crippen LogP contribution in [-0.2, 0) is 11.2 Å². The van der Waals surface area contributed by atoms with Crippen LogP contribution in [0.5, 0.6) is 5.75 Å². The zero-order valence-corrected chi connectivity index (χ0v) is 18.7. The number of ketones is 1. The van der Waals surface area contributed by atoms with Gasteiger partial charge in [-0.2, -0.15) is 0 Å². The van der Waals surface area contributed by atoms with E-state index in [1.165, 1.54) is 0 Å². The van der Waals surface area contributed by atoms with E-state index < -0.39 is 0 Å². The lowest BCUT2D eigenvalue weighted by Gasteiger charge is -2.33. The van der Waals surface area contributed by atoms with Gasteiger partial charge in [-0.15, -0.1) is 12.4 Å². The van der Waals surface area contributed by atoms with Crippen molar-refractivity contribution in [2.24, 2.45) is 5.41 Å². The highest BCUT2D eigenvalue weighted by Crippen LogP contribution is 2.58. The number of hydrogen-bond donors (Lipinski definition) is 1. The number of ether oxygens (including phenoxy) is 1. The molecular weight excluding hydrogens is 423 g/mol. The van der Waals surface area contributed by atoms with Gasteiger partial charge in [-0.1, -0.05) is 36.5 Å². The standard InChI is InChI=1S/C20H24Cl2N2O2.ClH.H2O/c1-4-6-20-7-5-13(25)9-14(20)17-12(10-20)8-15(18(21)19(17)22)26-11-16(23)24(2)3;;/h8-9,23H,4-7,10-11H2,1-3H3;1H;1H2. The number of fused-ring (bicyclic) bond motifs is 3. The molecule has 1 unspecified atom stereocenters. The molecule has 1 aromatic carbocycles. The topological polar surface area (TPSA) is 84.9 Å². The minimum atomic E-state index is -0.0209. The van der Waals surface area contributed by atoms with Crippen molar-refractivity contribution in [2.75, 3.05) is 20.7 Å². The van der Waals surface area contributed by atoms with Gasteiger partial charge in [-0.3, -0.25) is 10.2 Å². The van der Waals surface area contributed by atoms with E-state index in [4.69, 9.17) is 33.3 Å². The predicted molar refractivity (Wildman–Crippen MR) is 117 cm³/mol. The van der Waals surface area contributed by atoms with Gasteiger partial charge in [0.15, 0.2) is 5.78 Å². The molecule has 3 rings (SSSR count). The monoisotopic (exact) mass is 448 g/mol. The summed E-state index contributed by atoms with van der Waals surface area (Å²) in [7, 11) is 3.59. The van der Waals surface area contributed by atoms with Gasteiger partial charge in [-0.05, 0) is 42.5 Å². The van der Waals surface area contributed by atoms with E-state index in [1.807, 2.05) is 6.07 Å². The molecule has 28 heavy (non-hydrogen) atoms. The van der Waals surface area contributed by atoms with Gasteiger partial charge in [0, 0.05) is 31.5 Å². The van der Waals surface area contributed by atoms with Crippen LogP contribution in [0.3, 0.4) is 0 Å². The summed E-state index contributed by atoms with van der Waals surface area (Å²) in [5, 5.41) is 8.69. The summed E-state index contributed by atoms with van der Waals surface area (Å²) >= 11 is 13.1. The average Bonchev–Trinajstić information content (AvgIpc) is 2.90. The van der Waals surface area contributed by atoms with Crippen LogP contribution < -0.4 is 4.74 Å². The van der Waals surface area contributed by atoms with Crippen LogP contribution in [0.4, 0.5) is 0 Å². The van der Waals surface area contributed by atoms with Crippen LogP contribution in [0.15, 0.2) is 12.1 Å². The Labute approximate surface area is 182 Å². The average molecular weight is 450 g/mol. The predicted octanol–water partition coefficient (Wildman–Crippen LogP) is 4.60. The molecule has 1 aromatic rings. The Morgan fingerprint density at radius 3 is 2.61 bits per heavy atom. The minimum Gasteiger partial charge on any atom is -0.484 e. The van der Waals surface area contributed by atoms with Gasteiger partial charge >= 0.3 is 0 Å². The Morgan fingerprint density at radius 1 is 1.32 bits per heavy atom. The number of hydrogen-bond acceptors (Lipinski definition) is 3. The zero-order valence-electron chi connectivity index (χ0n) is 16.3. The summed E-state index contributed by atoms with van der Waals surface area (Å²) in [4.78, 5) is 13.7. The second kappa shape index (κ2) is 9.49. The molecule has 0 aliphatic heterocycles. The number of halogens is 3. The van der Waals surface area contributed by atoms with E-state index in [-0.39, 0.29) is 35.7 Å². The molecule has 8 heteroatoms. The number of likely N-dealkylation sites (N-methyl/N-ethyl adjacent to an activating group) is 1. The van der Waals surface area contributed by atoms with Crippen LogP contribution in [0.2, 0.25) is 10.0 Å². The third kappa shape index (κ3) is 4.33. The summed E-state index contributed by atoms with van der Waals surface area (Å²) in [6.07, 6.45) is 6.15. The van der Waals surface area contributed by atoms with Crippen molar-refractivity contribution in [1.29, 1.82) is 5.41 Å². The van der Waals surface area contributed by atoms with Crippen LogP contribution >= 0.6 is 35.6 Å². The van der Waals surface area contributed by atoms with Gasteiger partial charge in [-0.25, -0.2) is 0 Å². The van der Waals surface area contributed by atoms with E-state index in [0.29, 0.717) is 28.1 Å². The number of carbonyl (C=O) groups excluding carboxylic acids is 1. The first-order chi connectivity index (χ1) is 12.3. The first-order valence-electron chi connectivity index (χ1n) is 8.93. The van der Waals surface area contributed by atoms with Gasteiger partial charge in [0.2, 0.25) is 0 Å². The minimum absolute atomic E-state index is 0. The molecule has 1 atom stereocenters. The molecule has 2 aliphatic carbocycles. The van der Waals surface area contributed by atoms with Crippen LogP contribution in [-0.4, -0.2) is 42.7 Å². The fourth-order valence-electron chi connectivity index (χ4n) is 4.06. The molecule has 0 aromatic heterocycles. The number of allylic oxidation sites excluding steroid dienone is 2. The second-order valence-electron chi connectivity index (χ2n) is 7.40. The molecule has 3 N–H and O–H groups in total. The molecule has 0 fully saturated rings. The summed E-state index contributed by atoms with van der Waals surface area (Å²) in [5.74, 6) is 1.01. The molecule has 0 bridgehead atoms. The summed E-state index contributed by atoms with van der Waals surface area (Å²) < 4.78 is 5.76. The lowest BCUT2D eigenvalue weighted by atomic mass is 9.70. The molecule has 0 heterocycles. The van der Waals surface area contributed by atoms with Gasteiger partial charge in [0.1, 0.15) is 23.2 Å². The Kier molecular flexibility index (Phi) is 8.39. The van der Waals surface area contributed by atoms with Crippen LogP contribution in [0, 0.1) is 10.8 Å². The molecule has 2 aliphatic rings. The smallest absolute Gasteiger partial charge is 0.156 e. The highest BCUT2D eigenvalue weighted by molar-refractivity contribution is 6.44. The summed E-state index contributed by atoms with van der Waals surface area (Å²) in [5.41, 5.74) is 3.02. The maximum Gasteiger partial charge on any atom is 0.156 e. The third-order valence-electron chi connectivity index (χ3n) is 5.41. The van der Waals surface area contributed by atoms with Gasteiger partial charge < -0.3 is 15.1 Å². The second-order valence-corrected chi connectivity index (χ2v) is 8.15. The lowest BCUT2D eigenvalue weighted by molar-refractivity contribution is -0.115. The summed E-state index contributed by atoms with van der Waals surface area (Å²) in [6, 6.07) is 1.94. The van der Waals surface area contributed by atoms with E-state index in [2.05, 4.69) is 6.92 Å². The number of benzene rings is 1. The Balaban J connectivity index is 0.00000196. The highest BCUT2D eigenvalue weighted by Gasteiger charge is 2.45. The maximum absolute atomic E-state index is 12.1. The zero-order chi connectivity index (χ0) is 19.1. The first kappa shape index (κ1) is 24.8. The molecule has 0 saturated carbocycles. The lowest BCUT2D eigenvalue weighted by Crippen LogP contribution is -2.27. The third-order valence-corrected chi connectivity index (χ3v) is 6.26. The quantitative estimate of drug-likeness (QED) is 0.526. The highest BCUT2D eigenvalue weighted by atomic mass is 35.5. The fraction of sp³-hybridized carbons (Fsp3) is 0.500. The van der Waals surface area contributed by atoms with E-state index >= 15 is 0 Å². The number of nitrogens with one attached hydrogen (secondary N) is 1. The Bertz CT molecular complexity index is 808. The van der Waals surface area contributed by atoms with E-state index in [1.54, 1.807) is 25.1 Å². The van der Waals surface area contributed by atoms with Crippen molar-refractivity contribution >= 4 is 52.8 Å². The molecule has 0 radical (unpaired) electrons. The van der Waals surface area contributed by atoms with Crippen molar-refractivity contribution in [1.82, 2.24) is 4.90 Å². The van der Waals surface area contributed by atoms with Crippen molar-refractivity contribution in [3.8, 4) is 5.75 Å². The van der Waals surface area contributed by atoms with Crippen molar-refractivity contribution in [2.45, 2.75) is 39.0 Å². The Morgan fingerprint density at radius 2 is 2.00 bits per heavy atom. The molecule has 0 amide bonds. The van der Waals surface area contributed by atoms with Crippen LogP contribution in [0.1, 0.15) is 43.7 Å². The maximum atomic E-state index is 12.1. The van der Waals surface area contributed by atoms with Crippen molar-refractivity contribution in [3.63, 3.8) is 0 Å². The van der Waals surface area contributed by atoms with E-state index in [9.17, 15) is 4.79 Å². The van der Waals surface area contributed by atoms with E-state index in [0.717, 1.165) is 42.4 Å². The Hall–Kier alpha value is -1.27. The molecule has 5 nitrogen and oxygen atoms in total. The molecule has 0 spiro atoms. The molecule has 0 saturated heterocycles. The first-order valence-corrected chi connectivity index (χ1v) is 9.68. The molecular formula is C20H27Cl3N2O3. The largest absolute Gasteiger partial charge is 0.484 e. The van der Waals surface area contributed by atoms with Crippen LogP contribution in [0.25, 0.3) is 5.57 Å². The van der Waals surface area contributed by atoms with Crippen molar-refractivity contribution in [3.05, 3.63) is 33.3 Å². The van der Waals surface area contributed by atoms with Gasteiger partial charge in [0.25, 0.3) is 0 Å². The summed E-state index contributed by atoms with van der Waals surface area (Å²) in [6.45, 7) is 2.30. The number of rotatable bonds is 5. The molecule has 156 valence electrons. The normalized spacial score (nSPS) is 19.6.